The predicted molar refractivity (Wildman–Crippen MR) is 74.7 cm³/mol. The highest BCUT2D eigenvalue weighted by Crippen LogP contribution is 2.26. The van der Waals surface area contributed by atoms with Crippen LogP contribution in [0.15, 0.2) is 6.33 Å². The van der Waals surface area contributed by atoms with Crippen molar-refractivity contribution < 1.29 is 5.11 Å². The first kappa shape index (κ1) is 14.5. The Morgan fingerprint density at radius 2 is 2.16 bits per heavy atom. The number of aromatic nitrogens is 3. The molecule has 5 nitrogen and oxygen atoms in total. The van der Waals surface area contributed by atoms with E-state index in [1.54, 1.807) is 6.33 Å². The summed E-state index contributed by atoms with van der Waals surface area (Å²) in [5.41, 5.74) is 0. The van der Waals surface area contributed by atoms with Crippen LogP contribution in [0.2, 0.25) is 0 Å². The largest absolute Gasteiger partial charge is 0.392 e. The summed E-state index contributed by atoms with van der Waals surface area (Å²) < 4.78 is 1.97. The van der Waals surface area contributed by atoms with Gasteiger partial charge in [0.2, 0.25) is 0 Å². The first-order valence-electron chi connectivity index (χ1n) is 7.29. The molecular formula is C14H26N4O. The lowest BCUT2D eigenvalue weighted by molar-refractivity contribution is 0.0140. The van der Waals surface area contributed by atoms with E-state index >= 15 is 0 Å². The molecule has 0 bridgehead atoms. The van der Waals surface area contributed by atoms with Gasteiger partial charge >= 0.3 is 0 Å². The number of likely N-dealkylation sites (tertiary alicyclic amines) is 1. The molecule has 1 aliphatic heterocycles. The summed E-state index contributed by atoms with van der Waals surface area (Å²) in [5, 5.41) is 14.3. The average molecular weight is 266 g/mol. The van der Waals surface area contributed by atoms with Gasteiger partial charge in [-0.05, 0) is 46.1 Å². The van der Waals surface area contributed by atoms with E-state index in [2.05, 4.69) is 35.8 Å². The van der Waals surface area contributed by atoms with Crippen LogP contribution in [0.1, 0.15) is 52.4 Å². The van der Waals surface area contributed by atoms with Crippen molar-refractivity contribution in [3.05, 3.63) is 12.2 Å². The highest BCUT2D eigenvalue weighted by Gasteiger charge is 2.30. The van der Waals surface area contributed by atoms with Crippen LogP contribution in [-0.2, 0) is 6.54 Å². The predicted octanol–water partition coefficient (Wildman–Crippen LogP) is 1.84. The fourth-order valence-corrected chi connectivity index (χ4v) is 2.93. The molecule has 1 fully saturated rings. The molecule has 1 aromatic rings. The van der Waals surface area contributed by atoms with Crippen molar-refractivity contribution in [1.29, 1.82) is 0 Å². The minimum Gasteiger partial charge on any atom is -0.392 e. The van der Waals surface area contributed by atoms with Gasteiger partial charge in [0.25, 0.3) is 0 Å². The number of hydrogen-bond acceptors (Lipinski definition) is 4. The third-order valence-corrected chi connectivity index (χ3v) is 4.06. The third-order valence-electron chi connectivity index (χ3n) is 4.06. The molecule has 3 atom stereocenters. The molecule has 1 saturated heterocycles. The summed E-state index contributed by atoms with van der Waals surface area (Å²) in [4.78, 5) is 6.73. The average Bonchev–Trinajstić information content (AvgIpc) is 2.79. The minimum atomic E-state index is -0.293. The number of nitrogens with zero attached hydrogens (tertiary/aromatic N) is 4. The second kappa shape index (κ2) is 6.01. The summed E-state index contributed by atoms with van der Waals surface area (Å²) in [5.74, 6) is 1.69. The van der Waals surface area contributed by atoms with Gasteiger partial charge in [-0.1, -0.05) is 6.92 Å². The molecule has 3 unspecified atom stereocenters. The molecule has 1 N–H and O–H groups in total. The number of aliphatic hydroxyl groups excluding tert-OH is 1. The topological polar surface area (TPSA) is 54.2 Å². The maximum Gasteiger partial charge on any atom is 0.141 e. The zero-order valence-corrected chi connectivity index (χ0v) is 12.5. The van der Waals surface area contributed by atoms with E-state index in [4.69, 9.17) is 0 Å². The van der Waals surface area contributed by atoms with Crippen LogP contribution in [0.25, 0.3) is 0 Å². The molecule has 2 rings (SSSR count). The van der Waals surface area contributed by atoms with Crippen LogP contribution < -0.4 is 0 Å². The van der Waals surface area contributed by atoms with E-state index < -0.39 is 0 Å². The Morgan fingerprint density at radius 1 is 1.42 bits per heavy atom. The van der Waals surface area contributed by atoms with Gasteiger partial charge in [0.15, 0.2) is 0 Å². The van der Waals surface area contributed by atoms with Gasteiger partial charge in [0.05, 0.1) is 12.6 Å². The fraction of sp³-hybridized carbons (Fsp3) is 0.857. The van der Waals surface area contributed by atoms with Gasteiger partial charge in [0, 0.05) is 12.1 Å². The second-order valence-corrected chi connectivity index (χ2v) is 6.12. The first-order valence-corrected chi connectivity index (χ1v) is 7.29. The van der Waals surface area contributed by atoms with Gasteiger partial charge in [-0.2, -0.15) is 5.10 Å². The Morgan fingerprint density at radius 3 is 2.79 bits per heavy atom. The summed E-state index contributed by atoms with van der Waals surface area (Å²) in [7, 11) is 0. The summed E-state index contributed by atoms with van der Waals surface area (Å²) in [6, 6.07) is 0.562. The summed E-state index contributed by atoms with van der Waals surface area (Å²) in [6.45, 7) is 10.2. The first-order chi connectivity index (χ1) is 8.99. The maximum atomic E-state index is 9.99. The van der Waals surface area contributed by atoms with Crippen LogP contribution in [-0.4, -0.2) is 43.5 Å². The highest BCUT2D eigenvalue weighted by atomic mass is 16.3. The monoisotopic (exact) mass is 266 g/mol. The summed E-state index contributed by atoms with van der Waals surface area (Å²) >= 11 is 0. The molecule has 0 saturated carbocycles. The number of rotatable bonds is 4. The Labute approximate surface area is 115 Å². The maximum absolute atomic E-state index is 9.99. The Balaban J connectivity index is 2.10. The normalized spacial score (nSPS) is 26.8. The van der Waals surface area contributed by atoms with Crippen LogP contribution >= 0.6 is 0 Å². The standard InChI is InChI=1S/C14H26N4O/c1-10(2)18-14(15-9-16-18)8-17-6-5-11(3)7-13(17)12(4)19/h9-13,19H,5-8H2,1-4H3. The molecule has 0 spiro atoms. The van der Waals surface area contributed by atoms with E-state index in [1.165, 1.54) is 6.42 Å². The molecule has 19 heavy (non-hydrogen) atoms. The van der Waals surface area contributed by atoms with Crippen molar-refractivity contribution in [2.24, 2.45) is 5.92 Å². The number of hydrogen-bond donors (Lipinski definition) is 1. The molecular weight excluding hydrogens is 240 g/mol. The van der Waals surface area contributed by atoms with E-state index in [9.17, 15) is 5.11 Å². The van der Waals surface area contributed by atoms with Crippen molar-refractivity contribution in [2.45, 2.75) is 65.3 Å². The third kappa shape index (κ3) is 3.34. The zero-order chi connectivity index (χ0) is 14.0. The van der Waals surface area contributed by atoms with Crippen molar-refractivity contribution in [1.82, 2.24) is 19.7 Å². The molecule has 5 heteroatoms. The summed E-state index contributed by atoms with van der Waals surface area (Å²) in [6.07, 6.45) is 3.59. The quantitative estimate of drug-likeness (QED) is 0.903. The van der Waals surface area contributed by atoms with Gasteiger partial charge in [-0.15, -0.1) is 0 Å². The Hall–Kier alpha value is -0.940. The van der Waals surface area contributed by atoms with E-state index in [1.807, 2.05) is 11.6 Å². The molecule has 1 aromatic heterocycles. The smallest absolute Gasteiger partial charge is 0.141 e. The number of piperidine rings is 1. The Kier molecular flexibility index (Phi) is 4.58. The fourth-order valence-electron chi connectivity index (χ4n) is 2.93. The molecule has 0 aromatic carbocycles. The molecule has 1 aliphatic rings. The van der Waals surface area contributed by atoms with Gasteiger partial charge < -0.3 is 5.11 Å². The van der Waals surface area contributed by atoms with Gasteiger partial charge in [0.1, 0.15) is 12.2 Å². The van der Waals surface area contributed by atoms with Crippen LogP contribution in [0.4, 0.5) is 0 Å². The van der Waals surface area contributed by atoms with Crippen molar-refractivity contribution >= 4 is 0 Å². The Bertz CT molecular complexity index is 402. The van der Waals surface area contributed by atoms with E-state index in [-0.39, 0.29) is 12.1 Å². The van der Waals surface area contributed by atoms with Crippen LogP contribution in [0.3, 0.4) is 0 Å². The van der Waals surface area contributed by atoms with E-state index in [0.29, 0.717) is 12.0 Å². The molecule has 108 valence electrons. The van der Waals surface area contributed by atoms with Crippen molar-refractivity contribution in [2.75, 3.05) is 6.54 Å². The lowest BCUT2D eigenvalue weighted by atomic mass is 9.90. The van der Waals surface area contributed by atoms with Crippen molar-refractivity contribution in [3.63, 3.8) is 0 Å². The minimum absolute atomic E-state index is 0.237. The van der Waals surface area contributed by atoms with Crippen LogP contribution in [0.5, 0.6) is 0 Å². The molecule has 2 heterocycles. The van der Waals surface area contributed by atoms with Crippen LogP contribution in [0, 0.1) is 5.92 Å². The van der Waals surface area contributed by atoms with Gasteiger partial charge in [-0.3, -0.25) is 4.90 Å². The molecule has 0 aliphatic carbocycles. The lowest BCUT2D eigenvalue weighted by Crippen LogP contribution is -2.47. The van der Waals surface area contributed by atoms with Crippen molar-refractivity contribution in [3.8, 4) is 0 Å². The van der Waals surface area contributed by atoms with Gasteiger partial charge in [-0.25, -0.2) is 9.67 Å². The highest BCUT2D eigenvalue weighted by molar-refractivity contribution is 4.91. The molecule has 0 radical (unpaired) electrons. The lowest BCUT2D eigenvalue weighted by Gasteiger charge is -2.39. The SMILES string of the molecule is CC1CCN(Cc2ncnn2C(C)C)C(C(C)O)C1. The second-order valence-electron chi connectivity index (χ2n) is 6.12. The van der Waals surface area contributed by atoms with E-state index in [0.717, 1.165) is 25.3 Å². The molecule has 0 amide bonds. The zero-order valence-electron chi connectivity index (χ0n) is 12.5. The number of aliphatic hydroxyl groups is 1.